The molecule has 9 heteroatoms. The summed E-state index contributed by atoms with van der Waals surface area (Å²) in [4.78, 5) is 0. The molecular weight excluding hydrogens is 487 g/mol. The maximum atomic E-state index is 9.81. The highest BCUT2D eigenvalue weighted by Gasteiger charge is 2.34. The Morgan fingerprint density at radius 1 is 0.970 bits per heavy atom. The minimum Gasteiger partial charge on any atom is -0.486 e. The van der Waals surface area contributed by atoms with Crippen LogP contribution in [-0.4, -0.2) is 6.79 Å². The van der Waals surface area contributed by atoms with E-state index in [4.69, 9.17) is 59.5 Å². The fraction of sp³-hybridized carbons (Fsp3) is 0.125. The molecule has 5 rings (SSSR count). The van der Waals surface area contributed by atoms with E-state index >= 15 is 0 Å². The number of fused-ring (bicyclic) bond motifs is 2. The van der Waals surface area contributed by atoms with Crippen LogP contribution in [0.25, 0.3) is 0 Å². The van der Waals surface area contributed by atoms with Crippen LogP contribution in [0.2, 0.25) is 15.1 Å². The van der Waals surface area contributed by atoms with Gasteiger partial charge in [-0.15, -0.1) is 0 Å². The second-order valence-electron chi connectivity index (χ2n) is 7.36. The van der Waals surface area contributed by atoms with E-state index in [1.165, 1.54) is 0 Å². The molecule has 2 aliphatic heterocycles. The lowest BCUT2D eigenvalue weighted by Crippen LogP contribution is -2.21. The molecule has 33 heavy (non-hydrogen) atoms. The summed E-state index contributed by atoms with van der Waals surface area (Å²) < 4.78 is 22.5. The van der Waals surface area contributed by atoms with E-state index in [9.17, 15) is 5.26 Å². The van der Waals surface area contributed by atoms with Crippen LogP contribution < -0.4 is 24.7 Å². The fourth-order valence-corrected chi connectivity index (χ4v) is 4.64. The third-order valence-electron chi connectivity index (χ3n) is 5.39. The Morgan fingerprint density at radius 2 is 1.67 bits per heavy atom. The summed E-state index contributed by atoms with van der Waals surface area (Å²) in [6, 6.07) is 16.3. The van der Waals surface area contributed by atoms with Gasteiger partial charge in [0.1, 0.15) is 24.0 Å². The predicted octanol–water partition coefficient (Wildman–Crippen LogP) is 6.17. The zero-order valence-corrected chi connectivity index (χ0v) is 19.2. The Balaban J connectivity index is 1.54. The SMILES string of the molecule is N#CC1=C(N)Oc2cc3c(cc2[C@H]1c1cc(Cl)c(OCc2ccccc2Cl)c(Cl)c1)OCO3. The average molecular weight is 502 g/mol. The molecule has 3 aromatic rings. The molecule has 0 bridgehead atoms. The standard InChI is InChI=1S/C24H15Cl3N2O4/c25-16-4-2-1-3-12(16)10-30-23-17(26)5-13(6-18(23)27)22-14-7-20-21(32-11-31-20)8-19(14)33-24(29)15(22)9-28/h1-8,22H,10-11,29H2/t22-/m1/s1. The normalized spacial score (nSPS) is 16.1. The fourth-order valence-electron chi connectivity index (χ4n) is 3.84. The van der Waals surface area contributed by atoms with Crippen molar-refractivity contribution in [1.29, 1.82) is 5.26 Å². The molecule has 0 saturated carbocycles. The predicted molar refractivity (Wildman–Crippen MR) is 124 cm³/mol. The third kappa shape index (κ3) is 3.89. The van der Waals surface area contributed by atoms with Crippen LogP contribution in [0.15, 0.2) is 60.0 Å². The van der Waals surface area contributed by atoms with Gasteiger partial charge in [0.15, 0.2) is 17.2 Å². The van der Waals surface area contributed by atoms with Crippen molar-refractivity contribution in [2.75, 3.05) is 6.79 Å². The van der Waals surface area contributed by atoms with Crippen molar-refractivity contribution in [3.63, 3.8) is 0 Å². The number of benzene rings is 3. The van der Waals surface area contributed by atoms with Crippen LogP contribution in [0.5, 0.6) is 23.0 Å². The summed E-state index contributed by atoms with van der Waals surface area (Å²) in [6.45, 7) is 0.296. The van der Waals surface area contributed by atoms with E-state index in [2.05, 4.69) is 6.07 Å². The van der Waals surface area contributed by atoms with E-state index < -0.39 is 5.92 Å². The highest BCUT2D eigenvalue weighted by Crippen LogP contribution is 2.49. The minimum absolute atomic E-state index is 0.000145. The summed E-state index contributed by atoms with van der Waals surface area (Å²) in [6.07, 6.45) is 0. The molecule has 6 nitrogen and oxygen atoms in total. The topological polar surface area (TPSA) is 86.7 Å². The third-order valence-corrected chi connectivity index (χ3v) is 6.32. The molecule has 2 heterocycles. The lowest BCUT2D eigenvalue weighted by atomic mass is 9.83. The Kier molecular flexibility index (Phi) is 5.63. The van der Waals surface area contributed by atoms with Crippen LogP contribution in [-0.2, 0) is 6.61 Å². The summed E-state index contributed by atoms with van der Waals surface area (Å²) in [7, 11) is 0. The molecule has 0 unspecified atom stereocenters. The number of nitriles is 1. The van der Waals surface area contributed by atoms with E-state index in [1.807, 2.05) is 18.2 Å². The van der Waals surface area contributed by atoms with Crippen molar-refractivity contribution in [1.82, 2.24) is 0 Å². The van der Waals surface area contributed by atoms with Crippen LogP contribution in [0.3, 0.4) is 0 Å². The van der Waals surface area contributed by atoms with Gasteiger partial charge in [0.25, 0.3) is 0 Å². The van der Waals surface area contributed by atoms with Gasteiger partial charge in [-0.05, 0) is 29.8 Å². The Hall–Kier alpha value is -3.24. The number of hydrogen-bond acceptors (Lipinski definition) is 6. The van der Waals surface area contributed by atoms with Gasteiger partial charge < -0.3 is 24.7 Å². The molecule has 0 amide bonds. The molecule has 2 aliphatic rings. The highest BCUT2D eigenvalue weighted by molar-refractivity contribution is 6.37. The highest BCUT2D eigenvalue weighted by atomic mass is 35.5. The number of nitrogens with zero attached hydrogens (tertiary/aromatic N) is 1. The smallest absolute Gasteiger partial charge is 0.231 e. The molecule has 2 N–H and O–H groups in total. The first-order chi connectivity index (χ1) is 16.0. The molecule has 166 valence electrons. The van der Waals surface area contributed by atoms with Crippen molar-refractivity contribution in [2.24, 2.45) is 5.73 Å². The van der Waals surface area contributed by atoms with Gasteiger partial charge in [-0.3, -0.25) is 0 Å². The Morgan fingerprint density at radius 3 is 2.36 bits per heavy atom. The number of nitrogens with two attached hydrogens (primary N) is 1. The lowest BCUT2D eigenvalue weighted by Gasteiger charge is -2.27. The summed E-state index contributed by atoms with van der Waals surface area (Å²) in [5.41, 5.74) is 8.44. The molecule has 0 aliphatic carbocycles. The van der Waals surface area contributed by atoms with E-state index in [-0.39, 0.29) is 34.9 Å². The van der Waals surface area contributed by atoms with Gasteiger partial charge in [-0.1, -0.05) is 53.0 Å². The van der Waals surface area contributed by atoms with Crippen molar-refractivity contribution in [2.45, 2.75) is 12.5 Å². The van der Waals surface area contributed by atoms with Crippen molar-refractivity contribution in [3.05, 3.63) is 91.7 Å². The first-order valence-corrected chi connectivity index (χ1v) is 11.0. The van der Waals surface area contributed by atoms with Crippen LogP contribution in [0, 0.1) is 11.3 Å². The monoisotopic (exact) mass is 500 g/mol. The Labute approximate surface area is 204 Å². The van der Waals surface area contributed by atoms with Gasteiger partial charge >= 0.3 is 0 Å². The van der Waals surface area contributed by atoms with E-state index in [0.29, 0.717) is 39.1 Å². The first kappa shape index (κ1) is 21.6. The maximum Gasteiger partial charge on any atom is 0.231 e. The molecule has 0 aromatic heterocycles. The van der Waals surface area contributed by atoms with Crippen molar-refractivity contribution < 1.29 is 18.9 Å². The second-order valence-corrected chi connectivity index (χ2v) is 8.58. The number of hydrogen-bond donors (Lipinski definition) is 1. The van der Waals surface area contributed by atoms with Crippen molar-refractivity contribution >= 4 is 34.8 Å². The van der Waals surface area contributed by atoms with Gasteiger partial charge in [0, 0.05) is 22.2 Å². The van der Waals surface area contributed by atoms with Crippen LogP contribution in [0.1, 0.15) is 22.6 Å². The molecular formula is C24H15Cl3N2O4. The molecule has 0 radical (unpaired) electrons. The van der Waals surface area contributed by atoms with Gasteiger partial charge in [0.05, 0.1) is 16.0 Å². The molecule has 0 fully saturated rings. The molecule has 1 atom stereocenters. The summed E-state index contributed by atoms with van der Waals surface area (Å²) >= 11 is 19.3. The maximum absolute atomic E-state index is 9.81. The molecule has 3 aromatic carbocycles. The van der Waals surface area contributed by atoms with Gasteiger partial charge in [-0.2, -0.15) is 5.26 Å². The van der Waals surface area contributed by atoms with Gasteiger partial charge in [-0.25, -0.2) is 0 Å². The van der Waals surface area contributed by atoms with Crippen LogP contribution in [0.4, 0.5) is 0 Å². The average Bonchev–Trinajstić information content (AvgIpc) is 3.24. The van der Waals surface area contributed by atoms with Crippen LogP contribution >= 0.6 is 34.8 Å². The second kappa shape index (κ2) is 8.60. The first-order valence-electron chi connectivity index (χ1n) is 9.82. The minimum atomic E-state index is -0.569. The zero-order chi connectivity index (χ0) is 23.1. The van der Waals surface area contributed by atoms with E-state index in [1.54, 1.807) is 30.3 Å². The molecule has 0 saturated heterocycles. The number of allylic oxidation sites excluding steroid dienone is 1. The number of ether oxygens (including phenoxy) is 4. The lowest BCUT2D eigenvalue weighted by molar-refractivity contribution is 0.174. The number of halogens is 3. The quantitative estimate of drug-likeness (QED) is 0.460. The summed E-state index contributed by atoms with van der Waals surface area (Å²) in [5.74, 6) is 1.31. The van der Waals surface area contributed by atoms with Gasteiger partial charge in [0.2, 0.25) is 12.7 Å². The molecule has 0 spiro atoms. The Bertz CT molecular complexity index is 1330. The van der Waals surface area contributed by atoms with E-state index in [0.717, 1.165) is 5.56 Å². The zero-order valence-electron chi connectivity index (χ0n) is 16.9. The number of rotatable bonds is 4. The largest absolute Gasteiger partial charge is 0.486 e. The van der Waals surface area contributed by atoms with Crippen molar-refractivity contribution in [3.8, 4) is 29.1 Å². The summed E-state index contributed by atoms with van der Waals surface area (Å²) in [5, 5.41) is 11.0.